The lowest BCUT2D eigenvalue weighted by Gasteiger charge is -2.35. The monoisotopic (exact) mass is 279 g/mol. The van der Waals surface area contributed by atoms with Crippen molar-refractivity contribution in [1.29, 1.82) is 5.41 Å². The van der Waals surface area contributed by atoms with Gasteiger partial charge in [0.2, 0.25) is 0 Å². The number of likely N-dealkylation sites (tertiary alicyclic amines) is 1. The van der Waals surface area contributed by atoms with E-state index in [1.807, 2.05) is 0 Å². The van der Waals surface area contributed by atoms with Gasteiger partial charge >= 0.3 is 0 Å². The average Bonchev–Trinajstić information content (AvgIpc) is 2.43. The topological polar surface area (TPSA) is 73.3 Å². The molecule has 2 rings (SSSR count). The first kappa shape index (κ1) is 14.9. The van der Waals surface area contributed by atoms with E-state index in [0.717, 1.165) is 32.2 Å². The summed E-state index contributed by atoms with van der Waals surface area (Å²) in [6, 6.07) is 5.32. The SMILES string of the molecule is N=C(N)c1cccc(CN2CCCCC2CCO)c1F. The van der Waals surface area contributed by atoms with E-state index in [-0.39, 0.29) is 18.0 Å². The Morgan fingerprint density at radius 1 is 1.45 bits per heavy atom. The molecule has 1 aromatic rings. The first-order valence-corrected chi connectivity index (χ1v) is 7.10. The first-order chi connectivity index (χ1) is 9.63. The van der Waals surface area contributed by atoms with E-state index in [9.17, 15) is 4.39 Å². The van der Waals surface area contributed by atoms with Crippen LogP contribution in [0.5, 0.6) is 0 Å². The number of aliphatic hydroxyl groups excluding tert-OH is 1. The molecule has 1 heterocycles. The van der Waals surface area contributed by atoms with E-state index >= 15 is 0 Å². The van der Waals surface area contributed by atoms with Crippen LogP contribution in [0.25, 0.3) is 0 Å². The molecular weight excluding hydrogens is 257 g/mol. The van der Waals surface area contributed by atoms with E-state index in [2.05, 4.69) is 4.90 Å². The number of rotatable bonds is 5. The number of amidine groups is 1. The standard InChI is InChI=1S/C15H22FN3O/c16-14-11(4-3-6-13(14)15(17)18)10-19-8-2-1-5-12(19)7-9-20/h3-4,6,12,20H,1-2,5,7-10H2,(H3,17,18). The predicted octanol–water partition coefficient (Wildman–Crippen LogP) is 1.85. The minimum Gasteiger partial charge on any atom is -0.396 e. The lowest BCUT2D eigenvalue weighted by molar-refractivity contribution is 0.111. The first-order valence-electron chi connectivity index (χ1n) is 7.10. The van der Waals surface area contributed by atoms with Crippen molar-refractivity contribution in [3.63, 3.8) is 0 Å². The van der Waals surface area contributed by atoms with Crippen molar-refractivity contribution in [2.45, 2.75) is 38.3 Å². The van der Waals surface area contributed by atoms with Gasteiger partial charge in [0.05, 0.1) is 5.56 Å². The minimum absolute atomic E-state index is 0.164. The summed E-state index contributed by atoms with van der Waals surface area (Å²) in [7, 11) is 0. The summed E-state index contributed by atoms with van der Waals surface area (Å²) in [4.78, 5) is 2.22. The molecule has 20 heavy (non-hydrogen) atoms. The van der Waals surface area contributed by atoms with Gasteiger partial charge in [-0.05, 0) is 31.9 Å². The normalized spacial score (nSPS) is 20.0. The molecule has 4 N–H and O–H groups in total. The van der Waals surface area contributed by atoms with Crippen LogP contribution in [-0.4, -0.2) is 35.0 Å². The molecule has 1 atom stereocenters. The molecular formula is C15H22FN3O. The minimum atomic E-state index is -0.395. The van der Waals surface area contributed by atoms with Crippen LogP contribution in [0.4, 0.5) is 4.39 Å². The Morgan fingerprint density at radius 3 is 2.95 bits per heavy atom. The summed E-state index contributed by atoms with van der Waals surface area (Å²) >= 11 is 0. The molecule has 1 aliphatic heterocycles. The highest BCUT2D eigenvalue weighted by molar-refractivity contribution is 5.95. The van der Waals surface area contributed by atoms with E-state index < -0.39 is 5.82 Å². The van der Waals surface area contributed by atoms with E-state index in [4.69, 9.17) is 16.2 Å². The van der Waals surface area contributed by atoms with Crippen molar-refractivity contribution in [1.82, 2.24) is 4.90 Å². The molecule has 110 valence electrons. The fourth-order valence-electron chi connectivity index (χ4n) is 2.87. The highest BCUT2D eigenvalue weighted by Crippen LogP contribution is 2.23. The van der Waals surface area contributed by atoms with Crippen molar-refractivity contribution < 1.29 is 9.50 Å². The van der Waals surface area contributed by atoms with Crippen molar-refractivity contribution in [2.75, 3.05) is 13.2 Å². The summed E-state index contributed by atoms with van der Waals surface area (Å²) < 4.78 is 14.3. The van der Waals surface area contributed by atoms with Gasteiger partial charge in [0.1, 0.15) is 11.7 Å². The molecule has 4 nitrogen and oxygen atoms in total. The zero-order valence-electron chi connectivity index (χ0n) is 11.6. The van der Waals surface area contributed by atoms with Gasteiger partial charge in [-0.1, -0.05) is 18.6 Å². The number of benzene rings is 1. The number of hydrogen-bond donors (Lipinski definition) is 3. The molecule has 1 unspecified atom stereocenters. The number of aliphatic hydroxyl groups is 1. The highest BCUT2D eigenvalue weighted by Gasteiger charge is 2.23. The summed E-state index contributed by atoms with van der Waals surface area (Å²) in [6.07, 6.45) is 4.05. The summed E-state index contributed by atoms with van der Waals surface area (Å²) in [5, 5.41) is 16.5. The third-order valence-electron chi connectivity index (χ3n) is 3.95. The van der Waals surface area contributed by atoms with Crippen LogP contribution in [0, 0.1) is 11.2 Å². The number of piperidine rings is 1. The number of nitrogens with zero attached hydrogens (tertiary/aromatic N) is 1. The number of nitrogens with two attached hydrogens (primary N) is 1. The summed E-state index contributed by atoms with van der Waals surface area (Å²) in [5.41, 5.74) is 6.13. The Labute approximate surface area is 118 Å². The van der Waals surface area contributed by atoms with Crippen molar-refractivity contribution in [2.24, 2.45) is 5.73 Å². The third-order valence-corrected chi connectivity index (χ3v) is 3.95. The molecule has 1 fully saturated rings. The predicted molar refractivity (Wildman–Crippen MR) is 77.2 cm³/mol. The Hall–Kier alpha value is -1.46. The van der Waals surface area contributed by atoms with Crippen molar-refractivity contribution in [3.8, 4) is 0 Å². The number of hydrogen-bond acceptors (Lipinski definition) is 3. The zero-order chi connectivity index (χ0) is 14.5. The van der Waals surface area contributed by atoms with Gasteiger partial charge in [-0.2, -0.15) is 0 Å². The molecule has 1 aliphatic rings. The quantitative estimate of drug-likeness (QED) is 0.569. The number of halogens is 1. The largest absolute Gasteiger partial charge is 0.396 e. The van der Waals surface area contributed by atoms with Gasteiger partial charge in [-0.25, -0.2) is 4.39 Å². The van der Waals surface area contributed by atoms with Gasteiger partial charge in [0.25, 0.3) is 0 Å². The Kier molecular flexibility index (Phi) is 5.09. The number of nitrogens with one attached hydrogen (secondary N) is 1. The van der Waals surface area contributed by atoms with Crippen LogP contribution in [0.1, 0.15) is 36.8 Å². The Balaban J connectivity index is 2.16. The average molecular weight is 279 g/mol. The molecule has 0 radical (unpaired) electrons. The van der Waals surface area contributed by atoms with Gasteiger partial charge in [0.15, 0.2) is 0 Å². The van der Waals surface area contributed by atoms with Crippen molar-refractivity contribution >= 4 is 5.84 Å². The second-order valence-corrected chi connectivity index (χ2v) is 5.32. The maximum absolute atomic E-state index is 14.3. The molecule has 0 bridgehead atoms. The molecule has 0 amide bonds. The second-order valence-electron chi connectivity index (χ2n) is 5.32. The van der Waals surface area contributed by atoms with E-state index in [1.54, 1.807) is 12.1 Å². The van der Waals surface area contributed by atoms with E-state index in [1.165, 1.54) is 6.07 Å². The highest BCUT2D eigenvalue weighted by atomic mass is 19.1. The molecule has 0 aliphatic carbocycles. The third kappa shape index (κ3) is 3.35. The zero-order valence-corrected chi connectivity index (χ0v) is 11.6. The molecule has 1 aromatic carbocycles. The summed E-state index contributed by atoms with van der Waals surface area (Å²) in [5.74, 6) is -0.636. The van der Waals surface area contributed by atoms with Crippen LogP contribution in [-0.2, 0) is 6.54 Å². The molecule has 5 heteroatoms. The van der Waals surface area contributed by atoms with Crippen LogP contribution in [0.15, 0.2) is 18.2 Å². The van der Waals surface area contributed by atoms with Crippen LogP contribution >= 0.6 is 0 Å². The Bertz CT molecular complexity index is 476. The van der Waals surface area contributed by atoms with Crippen LogP contribution in [0.2, 0.25) is 0 Å². The second kappa shape index (κ2) is 6.81. The lowest BCUT2D eigenvalue weighted by Crippen LogP contribution is -2.39. The molecule has 0 spiro atoms. The van der Waals surface area contributed by atoms with Gasteiger partial charge in [0, 0.05) is 24.8 Å². The van der Waals surface area contributed by atoms with Crippen LogP contribution < -0.4 is 5.73 Å². The fraction of sp³-hybridized carbons (Fsp3) is 0.533. The van der Waals surface area contributed by atoms with Crippen LogP contribution in [0.3, 0.4) is 0 Å². The maximum atomic E-state index is 14.3. The fourth-order valence-corrected chi connectivity index (χ4v) is 2.87. The van der Waals surface area contributed by atoms with Crippen molar-refractivity contribution in [3.05, 3.63) is 35.1 Å². The lowest BCUT2D eigenvalue weighted by atomic mass is 9.98. The molecule has 1 saturated heterocycles. The van der Waals surface area contributed by atoms with Gasteiger partial charge in [-0.3, -0.25) is 10.3 Å². The van der Waals surface area contributed by atoms with E-state index in [0.29, 0.717) is 18.2 Å². The molecule has 0 saturated carbocycles. The maximum Gasteiger partial charge on any atom is 0.138 e. The smallest absolute Gasteiger partial charge is 0.138 e. The Morgan fingerprint density at radius 2 is 2.25 bits per heavy atom. The summed E-state index contributed by atoms with van der Waals surface area (Å²) in [6.45, 7) is 1.60. The number of nitrogen functional groups attached to an aromatic ring is 1. The molecule has 0 aromatic heterocycles. The van der Waals surface area contributed by atoms with Gasteiger partial charge < -0.3 is 10.8 Å². The van der Waals surface area contributed by atoms with Gasteiger partial charge in [-0.15, -0.1) is 0 Å².